The van der Waals surface area contributed by atoms with Gasteiger partial charge in [0.1, 0.15) is 11.8 Å². The van der Waals surface area contributed by atoms with Gasteiger partial charge in [0.15, 0.2) is 6.61 Å². The molecule has 1 N–H and O–H groups in total. The molecule has 0 aliphatic carbocycles. The Balaban J connectivity index is 2.24. The van der Waals surface area contributed by atoms with Crippen molar-refractivity contribution in [2.75, 3.05) is 13.2 Å². The van der Waals surface area contributed by atoms with E-state index in [1.807, 2.05) is 45.0 Å². The molecule has 0 bridgehead atoms. The Morgan fingerprint density at radius 2 is 1.83 bits per heavy atom. The number of carbonyl (C=O) groups is 2. The zero-order valence-corrected chi connectivity index (χ0v) is 18.4. The van der Waals surface area contributed by atoms with E-state index in [9.17, 15) is 9.59 Å². The lowest BCUT2D eigenvalue weighted by molar-refractivity contribution is -0.142. The Kier molecular flexibility index (Phi) is 8.80. The number of carbonyl (C=O) groups excluding carboxylic acids is 2. The molecule has 0 spiro atoms. The van der Waals surface area contributed by atoms with Gasteiger partial charge in [0.25, 0.3) is 5.91 Å². The van der Waals surface area contributed by atoms with Crippen molar-refractivity contribution in [2.45, 2.75) is 39.8 Å². The van der Waals surface area contributed by atoms with E-state index in [2.05, 4.69) is 5.32 Å². The molecule has 0 unspecified atom stereocenters. The van der Waals surface area contributed by atoms with Crippen molar-refractivity contribution in [3.05, 3.63) is 63.6 Å². The highest BCUT2D eigenvalue weighted by molar-refractivity contribution is 6.42. The highest BCUT2D eigenvalue weighted by Gasteiger charge is 2.28. The zero-order chi connectivity index (χ0) is 21.4. The largest absolute Gasteiger partial charge is 0.484 e. The van der Waals surface area contributed by atoms with Crippen molar-refractivity contribution >= 4 is 35.0 Å². The first kappa shape index (κ1) is 23.0. The maximum absolute atomic E-state index is 13.1. The van der Waals surface area contributed by atoms with E-state index in [-0.39, 0.29) is 25.0 Å². The number of halogens is 2. The second kappa shape index (κ2) is 11.1. The summed E-state index contributed by atoms with van der Waals surface area (Å²) in [5.41, 5.74) is 1.72. The lowest BCUT2D eigenvalue weighted by Gasteiger charge is -2.30. The normalized spacial score (nSPS) is 11.6. The molecule has 2 rings (SSSR count). The van der Waals surface area contributed by atoms with E-state index in [1.54, 1.807) is 18.2 Å². The molecule has 1 atom stereocenters. The average molecular weight is 437 g/mol. The molecule has 5 nitrogen and oxygen atoms in total. The molecule has 2 amide bonds. The second-order valence-electron chi connectivity index (χ2n) is 6.64. The number of amides is 2. The molecule has 0 aliphatic rings. The first-order valence-electron chi connectivity index (χ1n) is 9.56. The van der Waals surface area contributed by atoms with Crippen LogP contribution < -0.4 is 10.1 Å². The van der Waals surface area contributed by atoms with Crippen LogP contribution in [-0.4, -0.2) is 35.9 Å². The summed E-state index contributed by atoms with van der Waals surface area (Å²) in [4.78, 5) is 27.2. The van der Waals surface area contributed by atoms with Gasteiger partial charge in [0.05, 0.1) is 10.0 Å². The molecule has 7 heteroatoms. The molecule has 0 fully saturated rings. The monoisotopic (exact) mass is 436 g/mol. The van der Waals surface area contributed by atoms with Crippen LogP contribution in [0.15, 0.2) is 42.5 Å². The predicted molar refractivity (Wildman–Crippen MR) is 116 cm³/mol. The summed E-state index contributed by atoms with van der Waals surface area (Å²) in [6, 6.07) is 12.0. The van der Waals surface area contributed by atoms with Crippen molar-refractivity contribution in [2.24, 2.45) is 0 Å². The van der Waals surface area contributed by atoms with E-state index in [0.29, 0.717) is 28.8 Å². The predicted octanol–water partition coefficient (Wildman–Crippen LogP) is 4.62. The van der Waals surface area contributed by atoms with E-state index in [1.165, 1.54) is 4.90 Å². The fraction of sp³-hybridized carbons (Fsp3) is 0.364. The van der Waals surface area contributed by atoms with Crippen LogP contribution in [0.2, 0.25) is 10.0 Å². The molecular formula is C22H26Cl2N2O3. The van der Waals surface area contributed by atoms with Crippen LogP contribution in [-0.2, 0) is 16.1 Å². The van der Waals surface area contributed by atoms with Crippen LogP contribution in [0.1, 0.15) is 31.4 Å². The van der Waals surface area contributed by atoms with E-state index in [0.717, 1.165) is 11.1 Å². The summed E-state index contributed by atoms with van der Waals surface area (Å²) < 4.78 is 5.72. The van der Waals surface area contributed by atoms with Gasteiger partial charge >= 0.3 is 0 Å². The molecule has 0 saturated heterocycles. The highest BCUT2D eigenvalue weighted by Crippen LogP contribution is 2.24. The summed E-state index contributed by atoms with van der Waals surface area (Å²) in [5.74, 6) is 0.165. The highest BCUT2D eigenvalue weighted by atomic mass is 35.5. The smallest absolute Gasteiger partial charge is 0.261 e. The number of benzene rings is 2. The quantitative estimate of drug-likeness (QED) is 0.623. The maximum Gasteiger partial charge on any atom is 0.261 e. The SMILES string of the molecule is CCNC(=O)[C@H](CC)N(Cc1ccc(Cl)c(Cl)c1)C(=O)COc1ccccc1C. The lowest BCUT2D eigenvalue weighted by atomic mass is 10.1. The fourth-order valence-electron chi connectivity index (χ4n) is 2.99. The Morgan fingerprint density at radius 1 is 1.10 bits per heavy atom. The number of hydrogen-bond donors (Lipinski definition) is 1. The van der Waals surface area contributed by atoms with Gasteiger partial charge in [-0.05, 0) is 49.6 Å². The molecule has 0 aliphatic heterocycles. The molecule has 0 aromatic heterocycles. The molecule has 156 valence electrons. The number of aryl methyl sites for hydroxylation is 1. The standard InChI is InChI=1S/C22H26Cl2N2O3/c1-4-19(22(28)25-5-2)26(13-16-10-11-17(23)18(24)12-16)21(27)14-29-20-9-7-6-8-15(20)3/h6-12,19H,4-5,13-14H2,1-3H3,(H,25,28)/t19-/m0/s1. The van der Waals surface area contributed by atoms with Gasteiger partial charge in [-0.2, -0.15) is 0 Å². The topological polar surface area (TPSA) is 58.6 Å². The number of para-hydroxylation sites is 1. The molecular weight excluding hydrogens is 411 g/mol. The third kappa shape index (κ3) is 6.38. The summed E-state index contributed by atoms with van der Waals surface area (Å²) in [7, 11) is 0. The fourth-order valence-corrected chi connectivity index (χ4v) is 3.31. The van der Waals surface area contributed by atoms with Gasteiger partial charge in [-0.15, -0.1) is 0 Å². The van der Waals surface area contributed by atoms with Gasteiger partial charge in [-0.1, -0.05) is 54.4 Å². The molecule has 0 saturated carbocycles. The minimum Gasteiger partial charge on any atom is -0.484 e. The van der Waals surface area contributed by atoms with Crippen molar-refractivity contribution < 1.29 is 14.3 Å². The maximum atomic E-state index is 13.1. The minimum atomic E-state index is -0.614. The van der Waals surface area contributed by atoms with Crippen molar-refractivity contribution in [3.63, 3.8) is 0 Å². The number of nitrogens with zero attached hydrogens (tertiary/aromatic N) is 1. The Bertz CT molecular complexity index is 858. The van der Waals surface area contributed by atoms with Gasteiger partial charge in [-0.3, -0.25) is 9.59 Å². The minimum absolute atomic E-state index is 0.165. The van der Waals surface area contributed by atoms with Crippen LogP contribution >= 0.6 is 23.2 Å². The number of likely N-dealkylation sites (N-methyl/N-ethyl adjacent to an activating group) is 1. The summed E-state index contributed by atoms with van der Waals surface area (Å²) in [5, 5.41) is 3.64. The molecule has 2 aromatic carbocycles. The van der Waals surface area contributed by atoms with Gasteiger partial charge in [0.2, 0.25) is 5.91 Å². The number of nitrogens with one attached hydrogen (secondary N) is 1. The first-order chi connectivity index (χ1) is 13.9. The number of rotatable bonds is 9. The first-order valence-corrected chi connectivity index (χ1v) is 10.3. The van der Waals surface area contributed by atoms with E-state index >= 15 is 0 Å². The van der Waals surface area contributed by atoms with Gasteiger partial charge in [-0.25, -0.2) is 0 Å². The third-order valence-electron chi connectivity index (χ3n) is 4.52. The van der Waals surface area contributed by atoms with E-state index < -0.39 is 6.04 Å². The molecule has 0 heterocycles. The van der Waals surface area contributed by atoms with Gasteiger partial charge < -0.3 is 15.0 Å². The summed E-state index contributed by atoms with van der Waals surface area (Å²) in [6.45, 7) is 6.18. The molecule has 29 heavy (non-hydrogen) atoms. The lowest BCUT2D eigenvalue weighted by Crippen LogP contribution is -2.50. The van der Waals surface area contributed by atoms with Crippen molar-refractivity contribution in [1.29, 1.82) is 0 Å². The van der Waals surface area contributed by atoms with E-state index in [4.69, 9.17) is 27.9 Å². The van der Waals surface area contributed by atoms with Crippen LogP contribution in [0.4, 0.5) is 0 Å². The molecule has 2 aromatic rings. The Morgan fingerprint density at radius 3 is 2.45 bits per heavy atom. The Hall–Kier alpha value is -2.24. The number of ether oxygens (including phenoxy) is 1. The van der Waals surface area contributed by atoms with Gasteiger partial charge in [0, 0.05) is 13.1 Å². The van der Waals surface area contributed by atoms with Crippen molar-refractivity contribution in [1.82, 2.24) is 10.2 Å². The third-order valence-corrected chi connectivity index (χ3v) is 5.26. The second-order valence-corrected chi connectivity index (χ2v) is 7.46. The average Bonchev–Trinajstić information content (AvgIpc) is 2.70. The van der Waals surface area contributed by atoms with Crippen LogP contribution in [0.3, 0.4) is 0 Å². The van der Waals surface area contributed by atoms with Crippen LogP contribution in [0, 0.1) is 6.92 Å². The Labute approximate surface area is 181 Å². The molecule has 0 radical (unpaired) electrons. The summed E-state index contributed by atoms with van der Waals surface area (Å²) in [6.07, 6.45) is 0.475. The van der Waals surface area contributed by atoms with Crippen molar-refractivity contribution in [3.8, 4) is 5.75 Å². The van der Waals surface area contributed by atoms with Crippen LogP contribution in [0.25, 0.3) is 0 Å². The zero-order valence-electron chi connectivity index (χ0n) is 16.9. The number of hydrogen-bond acceptors (Lipinski definition) is 3. The van der Waals surface area contributed by atoms with Crippen LogP contribution in [0.5, 0.6) is 5.75 Å². The summed E-state index contributed by atoms with van der Waals surface area (Å²) >= 11 is 12.1.